The number of aliphatic carboxylic acids is 1. The van der Waals surface area contributed by atoms with Gasteiger partial charge >= 0.3 is 24.1 Å². The Kier molecular flexibility index (Phi) is 19.2. The molecule has 2 aromatic heterocycles. The Hall–Kier alpha value is -6.20. The van der Waals surface area contributed by atoms with E-state index in [1.807, 2.05) is 27.7 Å². The first-order valence-corrected chi connectivity index (χ1v) is 28.5. The number of aromatic nitrogens is 4. The number of nitrogens with one attached hydrogen (secondary N) is 4. The number of carboxylic acid groups (broad SMARTS) is 1. The molecule has 0 radical (unpaired) electrons. The van der Waals surface area contributed by atoms with E-state index in [1.165, 1.54) is 97.7 Å². The van der Waals surface area contributed by atoms with E-state index in [4.69, 9.17) is 14.2 Å². The maximum absolute atomic E-state index is 14.1. The third-order valence-corrected chi connectivity index (χ3v) is 18.1. The Bertz CT molecular complexity index is 2990. The molecule has 2 aliphatic heterocycles. The summed E-state index contributed by atoms with van der Waals surface area (Å²) in [6.45, 7) is 15.5. The molecule has 0 bridgehead atoms. The second-order valence-electron chi connectivity index (χ2n) is 20.6. The van der Waals surface area contributed by atoms with Crippen LogP contribution in [0.5, 0.6) is 11.5 Å². The van der Waals surface area contributed by atoms with E-state index in [9.17, 15) is 50.7 Å². The highest BCUT2D eigenvalue weighted by atomic mass is 32.2. The number of H-pyrrole nitrogens is 2. The van der Waals surface area contributed by atoms with Gasteiger partial charge in [-0.25, -0.2) is 44.6 Å². The molecule has 0 saturated carbocycles. The molecule has 2 fully saturated rings. The molecule has 28 heteroatoms. The van der Waals surface area contributed by atoms with Crippen molar-refractivity contribution in [3.63, 3.8) is 0 Å². The lowest BCUT2D eigenvalue weighted by atomic mass is 10.0. The molecular formula is C48H66N10O14S4. The zero-order chi connectivity index (χ0) is 56.9. The second-order valence-corrected chi connectivity index (χ2v) is 26.3. The number of amides is 4. The number of carbonyl (C=O) groups is 6. The maximum Gasteiger partial charge on any atom is 0.414 e. The van der Waals surface area contributed by atoms with Crippen molar-refractivity contribution in [2.45, 2.75) is 124 Å². The van der Waals surface area contributed by atoms with E-state index in [-0.39, 0.29) is 45.5 Å². The fraction of sp³-hybridized carbons (Fsp3) is 0.500. The lowest BCUT2D eigenvalue weighted by Gasteiger charge is -2.33. The summed E-state index contributed by atoms with van der Waals surface area (Å²) in [5, 5.41) is 27.1. The average molecular weight is 1140 g/mol. The van der Waals surface area contributed by atoms with Gasteiger partial charge in [-0.2, -0.15) is 10.2 Å². The predicted octanol–water partition coefficient (Wildman–Crippen LogP) is 4.12. The molecule has 4 aromatic rings. The highest BCUT2D eigenvalue weighted by Gasteiger charge is 2.49. The number of esters is 1. The minimum atomic E-state index is -4.58. The minimum Gasteiger partial charge on any atom is -0.480 e. The fourth-order valence-corrected chi connectivity index (χ4v) is 13.5. The second kappa shape index (κ2) is 24.0. The Balaban J connectivity index is 0.000000282. The van der Waals surface area contributed by atoms with E-state index in [0.717, 1.165) is 12.4 Å². The molecule has 2 aromatic carbocycles. The Labute approximate surface area is 450 Å². The van der Waals surface area contributed by atoms with Crippen LogP contribution in [0.4, 0.5) is 9.59 Å². The largest absolute Gasteiger partial charge is 0.480 e. The molecule has 2 saturated heterocycles. The van der Waals surface area contributed by atoms with Crippen molar-refractivity contribution in [1.29, 1.82) is 0 Å². The number of sulfonamides is 2. The number of rotatable bonds is 16. The van der Waals surface area contributed by atoms with Crippen LogP contribution < -0.4 is 20.1 Å². The van der Waals surface area contributed by atoms with Gasteiger partial charge in [0, 0.05) is 63.6 Å². The normalized spacial score (nSPS) is 17.8. The molecule has 6 rings (SSSR count). The molecule has 24 nitrogen and oxygen atoms in total. The van der Waals surface area contributed by atoms with Crippen LogP contribution in [0.1, 0.15) is 71.0 Å². The molecule has 0 aliphatic carbocycles. The van der Waals surface area contributed by atoms with Gasteiger partial charge in [0.25, 0.3) is 31.9 Å². The monoisotopic (exact) mass is 1130 g/mol. The number of carboxylic acids is 1. The van der Waals surface area contributed by atoms with Gasteiger partial charge in [-0.3, -0.25) is 30.4 Å². The molecular weight excluding hydrogens is 1070 g/mol. The average Bonchev–Trinajstić information content (AvgIpc) is 4.13. The van der Waals surface area contributed by atoms with Gasteiger partial charge in [0.2, 0.25) is 0 Å². The molecule has 76 heavy (non-hydrogen) atoms. The zero-order valence-corrected chi connectivity index (χ0v) is 47.7. The number of hydrogen-bond acceptors (Lipinski definition) is 19. The molecule has 0 spiro atoms. The van der Waals surface area contributed by atoms with E-state index in [0.29, 0.717) is 31.2 Å². The van der Waals surface area contributed by atoms with Crippen LogP contribution in [0.15, 0.2) is 70.7 Å². The number of thioether (sulfide) groups is 2. The summed E-state index contributed by atoms with van der Waals surface area (Å²) in [6, 6.07) is 8.93. The Morgan fingerprint density at radius 3 is 1.30 bits per heavy atom. The molecule has 416 valence electrons. The number of benzene rings is 2. The smallest absolute Gasteiger partial charge is 0.414 e. The summed E-state index contributed by atoms with van der Waals surface area (Å²) in [4.78, 5) is 79.3. The van der Waals surface area contributed by atoms with Gasteiger partial charge in [0.05, 0.1) is 23.8 Å². The Morgan fingerprint density at radius 1 is 0.658 bits per heavy atom. The Morgan fingerprint density at radius 2 is 1.01 bits per heavy atom. The third kappa shape index (κ3) is 15.3. The van der Waals surface area contributed by atoms with Crippen LogP contribution >= 0.6 is 23.5 Å². The van der Waals surface area contributed by atoms with Gasteiger partial charge < -0.3 is 29.1 Å². The summed E-state index contributed by atoms with van der Waals surface area (Å²) in [6.07, 6.45) is 0.525. The van der Waals surface area contributed by atoms with Crippen LogP contribution in [0.25, 0.3) is 0 Å². The summed E-state index contributed by atoms with van der Waals surface area (Å²) in [7, 11) is -2.98. The number of ether oxygens (including phenoxy) is 3. The van der Waals surface area contributed by atoms with E-state index in [2.05, 4.69) is 31.0 Å². The number of hydrogen-bond donors (Lipinski definition) is 5. The summed E-state index contributed by atoms with van der Waals surface area (Å²) in [5.41, 5.74) is -0.471. The topological polar surface area (TPSA) is 313 Å². The van der Waals surface area contributed by atoms with Crippen molar-refractivity contribution in [3.8, 4) is 11.5 Å². The molecule has 4 amide bonds. The van der Waals surface area contributed by atoms with E-state index >= 15 is 0 Å². The molecule has 4 heterocycles. The lowest BCUT2D eigenvalue weighted by Crippen LogP contribution is -2.56. The van der Waals surface area contributed by atoms with Crippen molar-refractivity contribution < 1.29 is 64.9 Å². The van der Waals surface area contributed by atoms with Gasteiger partial charge in [-0.05, 0) is 97.7 Å². The fourth-order valence-electron chi connectivity index (χ4n) is 7.37. The van der Waals surface area contributed by atoms with Crippen LogP contribution in [0, 0.1) is 13.8 Å². The van der Waals surface area contributed by atoms with Crippen LogP contribution in [0.2, 0.25) is 0 Å². The number of aryl methyl sites for hydroxylation is 2. The lowest BCUT2D eigenvalue weighted by molar-refractivity contribution is -0.161. The summed E-state index contributed by atoms with van der Waals surface area (Å²) < 4.78 is 72.5. The van der Waals surface area contributed by atoms with Crippen molar-refractivity contribution in [2.24, 2.45) is 0 Å². The first kappa shape index (κ1) is 60.7. The first-order valence-electron chi connectivity index (χ1n) is 23.5. The van der Waals surface area contributed by atoms with Crippen LogP contribution in [-0.4, -0.2) is 176 Å². The number of carbonyl (C=O) groups excluding carboxylic acids is 5. The molecule has 2 aliphatic rings. The zero-order valence-electron chi connectivity index (χ0n) is 44.5. The van der Waals surface area contributed by atoms with Gasteiger partial charge in [-0.1, -0.05) is 24.3 Å². The SMILES string of the molecule is Cc1[nH]ncc1S(=O)(=O)N(C(=O)[C@H]1NC(C)(C)CS1)[C@@H](Cc1ccc(OC(=O)N(C)C)cc1)C(=O)O.Cc1[nH]ncc1S(=O)(=O)N(C(=O)[C@H]1NC(C)(C)CS1)[C@@H](Cc1ccc(OC(=O)N(C)C)cc1)C(=O)OC(C)(C)C. The maximum atomic E-state index is 14.1. The van der Waals surface area contributed by atoms with Gasteiger partial charge in [0.1, 0.15) is 49.7 Å². The van der Waals surface area contributed by atoms with E-state index < -0.39 is 95.5 Å². The summed E-state index contributed by atoms with van der Waals surface area (Å²) >= 11 is 2.48. The highest BCUT2D eigenvalue weighted by molar-refractivity contribution is 8.01. The van der Waals surface area contributed by atoms with Gasteiger partial charge in [0.15, 0.2) is 0 Å². The highest BCUT2D eigenvalue weighted by Crippen LogP contribution is 2.34. The van der Waals surface area contributed by atoms with Crippen molar-refractivity contribution in [1.82, 2.24) is 49.4 Å². The third-order valence-electron chi connectivity index (χ3n) is 11.2. The minimum absolute atomic E-state index is 0.177. The molecule has 0 unspecified atom stereocenters. The quantitative estimate of drug-likeness (QED) is 0.0985. The van der Waals surface area contributed by atoms with E-state index in [1.54, 1.807) is 47.0 Å². The van der Waals surface area contributed by atoms with Crippen molar-refractivity contribution >= 4 is 79.5 Å². The van der Waals surface area contributed by atoms with Gasteiger partial charge in [-0.15, -0.1) is 23.5 Å². The number of aromatic amines is 2. The standard InChI is InChI=1S/C26H37N5O7S2.C22H29N5O7S2/c1-16-20(14-27-29-16)40(35,36)31(22(32)21-28-26(5,6)15-39-21)19(23(33)38-25(2,3)4)13-17-9-11-18(12-10-17)37-24(34)30(7)8;1-13-17(11-23-25-13)36(32,33)27(19(28)18-24-22(2,3)12-35-18)16(20(29)30)10-14-6-8-15(9-7-14)34-21(31)26(4)5/h9-12,14,19,21,28H,13,15H2,1-8H3,(H,27,29);6-9,11,16,18,24H,10,12H2,1-5H3,(H,23,25)(H,29,30)/t19-,21-;16-,18-/m00/s1. The van der Waals surface area contributed by atoms with Crippen molar-refractivity contribution in [2.75, 3.05) is 39.7 Å². The predicted molar refractivity (Wildman–Crippen MR) is 282 cm³/mol. The summed E-state index contributed by atoms with van der Waals surface area (Å²) in [5.74, 6) is -2.44. The van der Waals surface area contributed by atoms with Crippen molar-refractivity contribution in [3.05, 3.63) is 83.4 Å². The molecule has 4 atom stereocenters. The van der Waals surface area contributed by atoms with Crippen LogP contribution in [-0.2, 0) is 56.8 Å². The number of nitrogens with zero attached hydrogens (tertiary/aromatic N) is 6. The first-order chi connectivity index (χ1) is 35.1. The molecule has 5 N–H and O–H groups in total. The van der Waals surface area contributed by atoms with Crippen LogP contribution in [0.3, 0.4) is 0 Å².